The number of nitrogens with zero attached hydrogens (tertiary/aromatic N) is 1. The van der Waals surface area contributed by atoms with Gasteiger partial charge in [-0.3, -0.25) is 9.59 Å². The van der Waals surface area contributed by atoms with E-state index in [1.165, 1.54) is 6.92 Å². The van der Waals surface area contributed by atoms with Crippen LogP contribution in [0.3, 0.4) is 0 Å². The fourth-order valence-electron chi connectivity index (χ4n) is 2.39. The lowest BCUT2D eigenvalue weighted by atomic mass is 10.0. The molecule has 0 saturated heterocycles. The van der Waals surface area contributed by atoms with Gasteiger partial charge in [-0.05, 0) is 43.9 Å². The van der Waals surface area contributed by atoms with E-state index in [0.717, 1.165) is 17.7 Å². The van der Waals surface area contributed by atoms with Gasteiger partial charge in [0.25, 0.3) is 5.91 Å². The lowest BCUT2D eigenvalue weighted by molar-refractivity contribution is -0.143. The second kappa shape index (κ2) is 6.81. The van der Waals surface area contributed by atoms with Gasteiger partial charge in [0.15, 0.2) is 0 Å². The Morgan fingerprint density at radius 1 is 1.08 bits per heavy atom. The van der Waals surface area contributed by atoms with Crippen LogP contribution in [0.15, 0.2) is 18.2 Å². The summed E-state index contributed by atoms with van der Waals surface area (Å²) in [4.78, 5) is 24.9. The van der Waals surface area contributed by atoms with Crippen LogP contribution in [0.2, 0.25) is 0 Å². The summed E-state index contributed by atoms with van der Waals surface area (Å²) >= 11 is 0. The van der Waals surface area contributed by atoms with Crippen molar-refractivity contribution < 1.29 is 35.9 Å². The minimum Gasteiger partial charge on any atom is -0.368 e. The number of hydrogen-bond acceptors (Lipinski definition) is 2. The third kappa shape index (κ3) is 4.67. The number of primary amides is 1. The highest BCUT2D eigenvalue weighted by Crippen LogP contribution is 2.37. The fraction of sp³-hybridized carbons (Fsp3) is 0.500. The van der Waals surface area contributed by atoms with Crippen LogP contribution in [0, 0.1) is 5.92 Å². The molecule has 1 aliphatic rings. The molecule has 4 nitrogen and oxygen atoms in total. The maximum absolute atomic E-state index is 12.9. The molecule has 10 heteroatoms. The first-order chi connectivity index (χ1) is 11.8. The lowest BCUT2D eigenvalue weighted by Gasteiger charge is -2.28. The number of rotatable bonds is 5. The molecule has 144 valence electrons. The molecule has 2 N–H and O–H groups in total. The van der Waals surface area contributed by atoms with Crippen molar-refractivity contribution in [2.45, 2.75) is 38.2 Å². The molecule has 26 heavy (non-hydrogen) atoms. The fourth-order valence-corrected chi connectivity index (χ4v) is 2.39. The zero-order valence-corrected chi connectivity index (χ0v) is 13.6. The Labute approximate surface area is 144 Å². The van der Waals surface area contributed by atoms with Crippen LogP contribution < -0.4 is 5.73 Å². The van der Waals surface area contributed by atoms with E-state index in [4.69, 9.17) is 5.73 Å². The molecule has 1 aliphatic carbocycles. The highest BCUT2D eigenvalue weighted by Gasteiger charge is 2.39. The highest BCUT2D eigenvalue weighted by atomic mass is 19.4. The van der Waals surface area contributed by atoms with E-state index in [9.17, 15) is 35.9 Å². The van der Waals surface area contributed by atoms with Gasteiger partial charge in [-0.25, -0.2) is 0 Å². The van der Waals surface area contributed by atoms with Gasteiger partial charge < -0.3 is 10.6 Å². The maximum atomic E-state index is 12.9. The van der Waals surface area contributed by atoms with Crippen molar-refractivity contribution in [2.24, 2.45) is 11.7 Å². The molecule has 1 saturated carbocycles. The Morgan fingerprint density at radius 2 is 1.54 bits per heavy atom. The Morgan fingerprint density at radius 3 is 1.88 bits per heavy atom. The minimum absolute atomic E-state index is 0.0422. The molecule has 1 atom stereocenters. The first kappa shape index (κ1) is 20.1. The molecule has 0 heterocycles. The van der Waals surface area contributed by atoms with Crippen LogP contribution in [-0.2, 0) is 17.1 Å². The number of carbonyl (C=O) groups excluding carboxylic acids is 2. The van der Waals surface area contributed by atoms with Gasteiger partial charge in [0.2, 0.25) is 5.91 Å². The topological polar surface area (TPSA) is 63.4 Å². The van der Waals surface area contributed by atoms with Gasteiger partial charge in [0.1, 0.15) is 6.04 Å². The molecule has 0 bridgehead atoms. The van der Waals surface area contributed by atoms with Crippen molar-refractivity contribution in [3.05, 3.63) is 34.9 Å². The molecular formula is C16H16F6N2O2. The Hall–Kier alpha value is -2.26. The molecule has 1 fully saturated rings. The van der Waals surface area contributed by atoms with Crippen LogP contribution in [0.5, 0.6) is 0 Å². The SMILES string of the molecule is CC(C(N)=O)N(CC1CC1)C(=O)c1cc(C(F)(F)F)cc(C(F)(F)F)c1. The zero-order chi connectivity index (χ0) is 19.9. The van der Waals surface area contributed by atoms with Crippen molar-refractivity contribution in [2.75, 3.05) is 6.54 Å². The average Bonchev–Trinajstić information content (AvgIpc) is 3.33. The minimum atomic E-state index is -5.06. The summed E-state index contributed by atoms with van der Waals surface area (Å²) in [5.74, 6) is -1.95. The number of hydrogen-bond donors (Lipinski definition) is 1. The van der Waals surface area contributed by atoms with Crippen LogP contribution >= 0.6 is 0 Å². The van der Waals surface area contributed by atoms with Crippen molar-refractivity contribution in [1.29, 1.82) is 0 Å². The van der Waals surface area contributed by atoms with Crippen molar-refractivity contribution in [1.82, 2.24) is 4.90 Å². The van der Waals surface area contributed by atoms with Crippen molar-refractivity contribution in [3.63, 3.8) is 0 Å². The Kier molecular flexibility index (Phi) is 5.25. The highest BCUT2D eigenvalue weighted by molar-refractivity contribution is 5.97. The molecule has 2 rings (SSSR count). The van der Waals surface area contributed by atoms with Crippen LogP contribution in [-0.4, -0.2) is 29.3 Å². The smallest absolute Gasteiger partial charge is 0.368 e. The van der Waals surface area contributed by atoms with Crippen LogP contribution in [0.25, 0.3) is 0 Å². The molecule has 0 aromatic heterocycles. The van der Waals surface area contributed by atoms with Gasteiger partial charge in [0, 0.05) is 12.1 Å². The molecule has 0 radical (unpaired) electrons. The summed E-state index contributed by atoms with van der Waals surface area (Å²) in [6.07, 6.45) is -8.61. The lowest BCUT2D eigenvalue weighted by Crippen LogP contribution is -2.47. The van der Waals surface area contributed by atoms with Gasteiger partial charge in [0.05, 0.1) is 11.1 Å². The summed E-state index contributed by atoms with van der Waals surface area (Å²) in [6.45, 7) is 1.32. The van der Waals surface area contributed by atoms with Gasteiger partial charge in [-0.1, -0.05) is 0 Å². The summed E-state index contributed by atoms with van der Waals surface area (Å²) < 4.78 is 77.6. The molecule has 0 spiro atoms. The van der Waals surface area contributed by atoms with E-state index in [1.807, 2.05) is 0 Å². The number of alkyl halides is 6. The summed E-state index contributed by atoms with van der Waals surface area (Å²) in [7, 11) is 0. The predicted molar refractivity (Wildman–Crippen MR) is 78.9 cm³/mol. The zero-order valence-electron chi connectivity index (χ0n) is 13.6. The van der Waals surface area contributed by atoms with E-state index in [1.54, 1.807) is 0 Å². The normalized spacial score (nSPS) is 16.3. The van der Waals surface area contributed by atoms with Gasteiger partial charge in [-0.2, -0.15) is 26.3 Å². The number of carbonyl (C=O) groups is 2. The maximum Gasteiger partial charge on any atom is 0.416 e. The molecule has 1 aromatic carbocycles. The van der Waals surface area contributed by atoms with Gasteiger partial charge >= 0.3 is 12.4 Å². The van der Waals surface area contributed by atoms with Crippen molar-refractivity contribution in [3.8, 4) is 0 Å². The van der Waals surface area contributed by atoms with Crippen LogP contribution in [0.4, 0.5) is 26.3 Å². The number of benzene rings is 1. The summed E-state index contributed by atoms with van der Waals surface area (Å²) in [5.41, 5.74) is 1.19. The van der Waals surface area contributed by atoms with E-state index in [-0.39, 0.29) is 18.5 Å². The molecule has 0 aliphatic heterocycles. The second-order valence-corrected chi connectivity index (χ2v) is 6.27. The second-order valence-electron chi connectivity index (χ2n) is 6.27. The summed E-state index contributed by atoms with van der Waals surface area (Å²) in [6, 6.07) is -0.512. The van der Waals surface area contributed by atoms with Crippen molar-refractivity contribution >= 4 is 11.8 Å². The standard InChI is InChI=1S/C16H16F6N2O2/c1-8(13(23)25)24(7-9-2-3-9)14(26)10-4-11(15(17,18)19)6-12(5-10)16(20,21)22/h4-6,8-9H,2-3,7H2,1H3,(H2,23,25). The monoisotopic (exact) mass is 382 g/mol. The largest absolute Gasteiger partial charge is 0.416 e. The first-order valence-electron chi connectivity index (χ1n) is 7.70. The molecular weight excluding hydrogens is 366 g/mol. The Balaban J connectivity index is 2.49. The van der Waals surface area contributed by atoms with E-state index >= 15 is 0 Å². The molecule has 2 amide bonds. The molecule has 1 aromatic rings. The average molecular weight is 382 g/mol. The quantitative estimate of drug-likeness (QED) is 0.793. The van der Waals surface area contributed by atoms with Crippen LogP contribution in [0.1, 0.15) is 41.3 Å². The van der Waals surface area contributed by atoms with E-state index in [2.05, 4.69) is 0 Å². The third-order valence-electron chi connectivity index (χ3n) is 4.13. The molecule has 1 unspecified atom stereocenters. The Bertz CT molecular complexity index is 677. The third-order valence-corrected chi connectivity index (χ3v) is 4.13. The first-order valence-corrected chi connectivity index (χ1v) is 7.70. The van der Waals surface area contributed by atoms with E-state index in [0.29, 0.717) is 12.1 Å². The van der Waals surface area contributed by atoms with Gasteiger partial charge in [-0.15, -0.1) is 0 Å². The predicted octanol–water partition coefficient (Wildman–Crippen LogP) is 3.45. The number of nitrogens with two attached hydrogens (primary N) is 1. The number of amides is 2. The van der Waals surface area contributed by atoms with E-state index < -0.39 is 46.9 Å². The summed E-state index contributed by atoms with van der Waals surface area (Å²) in [5, 5.41) is 0. The number of halogens is 6.